The first kappa shape index (κ1) is 16.0. The molecule has 0 bridgehead atoms. The molecule has 0 spiro atoms. The Labute approximate surface area is 175 Å². The summed E-state index contributed by atoms with van der Waals surface area (Å²) in [6, 6.07) is 5.42. The lowest BCUT2D eigenvalue weighted by Crippen LogP contribution is -2.39. The number of carbonyl (C=O) groups is 1. The number of amides is 1. The number of aromatic nitrogens is 4. The van der Waals surface area contributed by atoms with Crippen LogP contribution >= 0.6 is 0 Å². The van der Waals surface area contributed by atoms with E-state index in [0.717, 1.165) is 42.5 Å². The maximum Gasteiger partial charge on any atom is 0.228 e. The third-order valence-corrected chi connectivity index (χ3v) is 5.28. The quantitative estimate of drug-likeness (QED) is 0.717. The zero-order valence-corrected chi connectivity index (χ0v) is 16.8. The van der Waals surface area contributed by atoms with Crippen LogP contribution in [0.2, 0.25) is 0 Å². The molecule has 4 heterocycles. The molecule has 1 aliphatic heterocycles. The molecule has 0 atom stereocenters. The van der Waals surface area contributed by atoms with E-state index < -0.39 is 6.98 Å². The van der Waals surface area contributed by atoms with Crippen LogP contribution in [0.5, 0.6) is 0 Å². The van der Waals surface area contributed by atoms with Crippen molar-refractivity contribution in [3.05, 3.63) is 36.8 Å². The molecule has 7 heteroatoms. The van der Waals surface area contributed by atoms with E-state index in [9.17, 15) is 4.79 Å². The average molecular weight is 396 g/mol. The van der Waals surface area contributed by atoms with Gasteiger partial charge in [-0.1, -0.05) is 13.8 Å². The van der Waals surface area contributed by atoms with Crippen LogP contribution in [0, 0.1) is 11.8 Å². The topological polar surface area (TPSA) is 75.9 Å². The molecule has 1 fully saturated rings. The van der Waals surface area contributed by atoms with E-state index in [1.165, 1.54) is 12.4 Å². The van der Waals surface area contributed by atoms with E-state index in [4.69, 9.17) is 4.11 Å². The summed E-state index contributed by atoms with van der Waals surface area (Å²) in [4.78, 5) is 24.2. The van der Waals surface area contributed by atoms with Gasteiger partial charge in [0.2, 0.25) is 5.91 Å². The van der Waals surface area contributed by atoms with Crippen molar-refractivity contribution >= 4 is 22.6 Å². The van der Waals surface area contributed by atoms with Crippen molar-refractivity contribution in [3.63, 3.8) is 0 Å². The van der Waals surface area contributed by atoms with E-state index in [1.54, 1.807) is 18.3 Å². The second-order valence-corrected chi connectivity index (χ2v) is 8.09. The Morgan fingerprint density at radius 1 is 1.31 bits per heavy atom. The summed E-state index contributed by atoms with van der Waals surface area (Å²) in [5.74, 6) is 1.08. The number of aryl methyl sites for hydroxylation is 1. The molecule has 1 saturated heterocycles. The van der Waals surface area contributed by atoms with Crippen LogP contribution in [0.4, 0.5) is 5.82 Å². The van der Waals surface area contributed by atoms with Gasteiger partial charge in [0.15, 0.2) is 0 Å². The lowest BCUT2D eigenvalue weighted by Gasteiger charge is -2.32. The molecule has 0 aliphatic carbocycles. The van der Waals surface area contributed by atoms with Gasteiger partial charge >= 0.3 is 0 Å². The van der Waals surface area contributed by atoms with Gasteiger partial charge in [0.25, 0.3) is 0 Å². The minimum Gasteiger partial charge on any atom is -0.310 e. The summed E-state index contributed by atoms with van der Waals surface area (Å²) >= 11 is 0. The van der Waals surface area contributed by atoms with Gasteiger partial charge in [0, 0.05) is 53.0 Å². The number of piperidine rings is 1. The highest BCUT2D eigenvalue weighted by Crippen LogP contribution is 2.23. The Morgan fingerprint density at radius 3 is 2.86 bits per heavy atom. The Bertz CT molecular complexity index is 1100. The normalized spacial score (nSPS) is 17.8. The number of hydrogen-bond donors (Lipinski definition) is 1. The van der Waals surface area contributed by atoms with Crippen molar-refractivity contribution < 1.29 is 8.91 Å². The standard InChI is InChI=1S/C22H28N6O/c1-15(2)13-28-8-6-16(7-9-28)22(29)26-21-10-20-17(11-23-21)4-5-19(25-20)18-12-24-27(3)14-18/h4-5,10-12,14-16H,6-9,13H2,1-3H3,(H,23,26,29)/i3D3. The number of pyridine rings is 2. The Morgan fingerprint density at radius 2 is 2.14 bits per heavy atom. The lowest BCUT2D eigenvalue weighted by molar-refractivity contribution is -0.121. The van der Waals surface area contributed by atoms with Gasteiger partial charge in [0.1, 0.15) is 5.82 Å². The molecule has 0 unspecified atom stereocenters. The van der Waals surface area contributed by atoms with Crippen molar-refractivity contribution in [1.82, 2.24) is 24.6 Å². The van der Waals surface area contributed by atoms with Gasteiger partial charge in [-0.25, -0.2) is 9.97 Å². The van der Waals surface area contributed by atoms with Gasteiger partial charge in [-0.2, -0.15) is 5.10 Å². The zero-order valence-electron chi connectivity index (χ0n) is 19.8. The maximum atomic E-state index is 12.8. The van der Waals surface area contributed by atoms with Gasteiger partial charge in [-0.3, -0.25) is 9.48 Å². The number of anilines is 1. The van der Waals surface area contributed by atoms with Gasteiger partial charge in [0.05, 0.1) is 17.4 Å². The molecule has 1 aliphatic rings. The van der Waals surface area contributed by atoms with E-state index in [2.05, 4.69) is 39.1 Å². The summed E-state index contributed by atoms with van der Waals surface area (Å²) in [7, 11) is 0. The van der Waals surface area contributed by atoms with Crippen molar-refractivity contribution in [2.45, 2.75) is 26.7 Å². The zero-order chi connectivity index (χ0) is 22.9. The molecule has 3 aromatic rings. The minimum atomic E-state index is -2.33. The summed E-state index contributed by atoms with van der Waals surface area (Å²) < 4.78 is 23.3. The predicted octanol–water partition coefficient (Wildman–Crippen LogP) is 3.34. The van der Waals surface area contributed by atoms with E-state index in [-0.39, 0.29) is 11.8 Å². The van der Waals surface area contributed by atoms with Crippen LogP contribution in [-0.4, -0.2) is 50.2 Å². The summed E-state index contributed by atoms with van der Waals surface area (Å²) in [6.45, 7) is 5.04. The minimum absolute atomic E-state index is 0.00356. The van der Waals surface area contributed by atoms with Gasteiger partial charge in [-0.05, 0) is 44.0 Å². The number of fused-ring (bicyclic) bond motifs is 1. The van der Waals surface area contributed by atoms with Crippen LogP contribution in [-0.2, 0) is 11.8 Å². The molecule has 0 saturated carbocycles. The number of likely N-dealkylation sites (tertiary alicyclic amines) is 1. The second kappa shape index (κ2) is 8.29. The second-order valence-electron chi connectivity index (χ2n) is 8.09. The maximum absolute atomic E-state index is 12.8. The fourth-order valence-electron chi connectivity index (χ4n) is 3.82. The third kappa shape index (κ3) is 4.62. The highest BCUT2D eigenvalue weighted by atomic mass is 16.1. The largest absolute Gasteiger partial charge is 0.310 e. The Kier molecular flexibility index (Phi) is 4.59. The first-order valence-electron chi connectivity index (χ1n) is 11.5. The van der Waals surface area contributed by atoms with Crippen LogP contribution in [0.3, 0.4) is 0 Å². The van der Waals surface area contributed by atoms with Crippen LogP contribution in [0.1, 0.15) is 30.8 Å². The van der Waals surface area contributed by atoms with Crippen LogP contribution < -0.4 is 5.32 Å². The smallest absolute Gasteiger partial charge is 0.228 e. The molecule has 0 aromatic carbocycles. The monoisotopic (exact) mass is 395 g/mol. The molecule has 1 N–H and O–H groups in total. The van der Waals surface area contributed by atoms with E-state index >= 15 is 0 Å². The highest BCUT2D eigenvalue weighted by molar-refractivity contribution is 5.93. The number of hydrogen-bond acceptors (Lipinski definition) is 5. The predicted molar refractivity (Wildman–Crippen MR) is 114 cm³/mol. The molecular weight excluding hydrogens is 364 g/mol. The number of nitrogens with zero attached hydrogens (tertiary/aromatic N) is 5. The van der Waals surface area contributed by atoms with E-state index in [0.29, 0.717) is 28.5 Å². The fourth-order valence-corrected chi connectivity index (χ4v) is 3.82. The van der Waals surface area contributed by atoms with Crippen molar-refractivity contribution in [1.29, 1.82) is 0 Å². The Hall–Kier alpha value is -2.80. The molecule has 3 aromatic heterocycles. The Balaban J connectivity index is 1.46. The van der Waals surface area contributed by atoms with Crippen LogP contribution in [0.15, 0.2) is 36.8 Å². The van der Waals surface area contributed by atoms with Crippen LogP contribution in [0.25, 0.3) is 22.2 Å². The third-order valence-electron chi connectivity index (χ3n) is 5.28. The molecule has 7 nitrogen and oxygen atoms in total. The highest BCUT2D eigenvalue weighted by Gasteiger charge is 2.25. The number of nitrogens with one attached hydrogen (secondary N) is 1. The molecule has 1 amide bonds. The summed E-state index contributed by atoms with van der Waals surface area (Å²) in [6.07, 6.45) is 6.32. The lowest BCUT2D eigenvalue weighted by atomic mass is 9.95. The van der Waals surface area contributed by atoms with Crippen molar-refractivity contribution in [2.75, 3.05) is 25.0 Å². The first-order chi connectivity index (χ1) is 15.2. The average Bonchev–Trinajstić information content (AvgIpc) is 3.24. The number of carbonyl (C=O) groups excluding carboxylic acids is 1. The molecule has 29 heavy (non-hydrogen) atoms. The number of rotatable bonds is 5. The fraction of sp³-hybridized carbons (Fsp3) is 0.455. The first-order valence-corrected chi connectivity index (χ1v) is 10.0. The van der Waals surface area contributed by atoms with Gasteiger partial charge in [-0.15, -0.1) is 0 Å². The summed E-state index contributed by atoms with van der Waals surface area (Å²) in [5.41, 5.74) is 1.88. The van der Waals surface area contributed by atoms with Crippen molar-refractivity contribution in [2.24, 2.45) is 18.8 Å². The molecule has 152 valence electrons. The van der Waals surface area contributed by atoms with Gasteiger partial charge < -0.3 is 10.2 Å². The summed E-state index contributed by atoms with van der Waals surface area (Å²) in [5, 5.41) is 7.69. The van der Waals surface area contributed by atoms with E-state index in [1.807, 2.05) is 6.07 Å². The molecule has 4 rings (SSSR count). The SMILES string of the molecule is [2H]C([2H])([2H])n1cc(-c2ccc3cnc(NC(=O)C4CCN(CC(C)C)CC4)cc3n2)cn1. The molecule has 0 radical (unpaired) electrons. The van der Waals surface area contributed by atoms with Crippen molar-refractivity contribution in [3.8, 4) is 11.3 Å². The molecular formula is C22H28N6O.